The van der Waals surface area contributed by atoms with E-state index in [0.717, 1.165) is 5.56 Å². The van der Waals surface area contributed by atoms with Crippen molar-refractivity contribution in [2.45, 2.75) is 26.0 Å². The number of ether oxygens (including phenoxy) is 1. The molecule has 4 nitrogen and oxygen atoms in total. The molecule has 1 aromatic carbocycles. The van der Waals surface area contributed by atoms with Gasteiger partial charge in [0.2, 0.25) is 0 Å². The van der Waals surface area contributed by atoms with Gasteiger partial charge >= 0.3 is 0 Å². The highest BCUT2D eigenvalue weighted by molar-refractivity contribution is 6.30. The smallest absolute Gasteiger partial charge is 0.191 e. The molecule has 0 aliphatic carbocycles. The Bertz CT molecular complexity index is 477. The van der Waals surface area contributed by atoms with Crippen LogP contribution in [0.2, 0.25) is 5.02 Å². The number of hydrogen-bond acceptors (Lipinski definition) is 2. The molecule has 0 bridgehead atoms. The van der Waals surface area contributed by atoms with E-state index >= 15 is 0 Å². The van der Waals surface area contributed by atoms with Crippen molar-refractivity contribution in [2.75, 3.05) is 20.7 Å². The number of aliphatic imine (C=N–C) groups is 1. The first-order valence-electron chi connectivity index (χ1n) is 6.31. The van der Waals surface area contributed by atoms with E-state index in [2.05, 4.69) is 15.6 Å². The van der Waals surface area contributed by atoms with Crippen LogP contribution in [0.15, 0.2) is 23.2 Å². The van der Waals surface area contributed by atoms with Crippen LogP contribution >= 0.6 is 11.6 Å². The maximum absolute atomic E-state index is 13.1. The third-order valence-electron chi connectivity index (χ3n) is 2.90. The minimum Gasteiger partial charge on any atom is -0.377 e. The van der Waals surface area contributed by atoms with Crippen molar-refractivity contribution in [3.63, 3.8) is 0 Å². The largest absolute Gasteiger partial charge is 0.377 e. The highest BCUT2D eigenvalue weighted by Gasteiger charge is 2.16. The lowest BCUT2D eigenvalue weighted by Crippen LogP contribution is -2.45. The Morgan fingerprint density at radius 3 is 2.65 bits per heavy atom. The van der Waals surface area contributed by atoms with Gasteiger partial charge in [-0.15, -0.1) is 0 Å². The second kappa shape index (κ2) is 7.45. The molecule has 0 saturated carbocycles. The predicted octanol–water partition coefficient (Wildman–Crippen LogP) is 2.57. The first-order chi connectivity index (χ1) is 9.38. The van der Waals surface area contributed by atoms with E-state index in [9.17, 15) is 4.39 Å². The monoisotopic (exact) mass is 301 g/mol. The molecule has 0 saturated heterocycles. The van der Waals surface area contributed by atoms with Crippen LogP contribution in [-0.4, -0.2) is 32.3 Å². The van der Waals surface area contributed by atoms with Gasteiger partial charge in [0.1, 0.15) is 5.82 Å². The molecule has 0 radical (unpaired) electrons. The van der Waals surface area contributed by atoms with E-state index in [1.807, 2.05) is 13.8 Å². The summed E-state index contributed by atoms with van der Waals surface area (Å²) in [5.74, 6) is 0.232. The zero-order valence-electron chi connectivity index (χ0n) is 12.3. The molecule has 0 unspecified atom stereocenters. The van der Waals surface area contributed by atoms with Crippen LogP contribution in [0.4, 0.5) is 4.39 Å². The van der Waals surface area contributed by atoms with Crippen molar-refractivity contribution in [2.24, 2.45) is 4.99 Å². The van der Waals surface area contributed by atoms with Gasteiger partial charge in [0, 0.05) is 27.2 Å². The molecule has 112 valence electrons. The second-order valence-electron chi connectivity index (χ2n) is 4.99. The van der Waals surface area contributed by atoms with E-state index in [0.29, 0.717) is 19.0 Å². The van der Waals surface area contributed by atoms with Crippen molar-refractivity contribution in [3.05, 3.63) is 34.6 Å². The first kappa shape index (κ1) is 16.7. The van der Waals surface area contributed by atoms with Crippen molar-refractivity contribution >= 4 is 17.6 Å². The van der Waals surface area contributed by atoms with E-state index < -0.39 is 5.82 Å². The Labute approximate surface area is 124 Å². The van der Waals surface area contributed by atoms with Gasteiger partial charge in [0.25, 0.3) is 0 Å². The highest BCUT2D eigenvalue weighted by atomic mass is 35.5. The number of guanidine groups is 1. The number of methoxy groups -OCH3 is 1. The lowest BCUT2D eigenvalue weighted by Gasteiger charge is -2.24. The molecule has 0 atom stereocenters. The second-order valence-corrected chi connectivity index (χ2v) is 5.40. The lowest BCUT2D eigenvalue weighted by atomic mass is 10.1. The van der Waals surface area contributed by atoms with Crippen molar-refractivity contribution in [1.82, 2.24) is 10.6 Å². The average Bonchev–Trinajstić information content (AvgIpc) is 2.42. The molecule has 0 spiro atoms. The van der Waals surface area contributed by atoms with Crippen LogP contribution in [0.25, 0.3) is 0 Å². The number of nitrogens with one attached hydrogen (secondary N) is 2. The summed E-state index contributed by atoms with van der Waals surface area (Å²) in [4.78, 5) is 4.11. The Kier molecular flexibility index (Phi) is 6.23. The van der Waals surface area contributed by atoms with Crippen molar-refractivity contribution in [1.29, 1.82) is 0 Å². The number of hydrogen-bond donors (Lipinski definition) is 2. The highest BCUT2D eigenvalue weighted by Crippen LogP contribution is 2.15. The van der Waals surface area contributed by atoms with E-state index in [1.165, 1.54) is 6.07 Å². The molecule has 0 aliphatic heterocycles. The van der Waals surface area contributed by atoms with E-state index in [4.69, 9.17) is 16.3 Å². The predicted molar refractivity (Wildman–Crippen MR) is 80.7 cm³/mol. The fourth-order valence-electron chi connectivity index (χ4n) is 1.42. The topological polar surface area (TPSA) is 45.7 Å². The first-order valence-corrected chi connectivity index (χ1v) is 6.69. The zero-order chi connectivity index (χ0) is 15.2. The maximum atomic E-state index is 13.1. The number of halogens is 2. The summed E-state index contributed by atoms with van der Waals surface area (Å²) < 4.78 is 18.4. The quantitative estimate of drug-likeness (QED) is 0.649. The van der Waals surface area contributed by atoms with Crippen molar-refractivity contribution < 1.29 is 9.13 Å². The van der Waals surface area contributed by atoms with Gasteiger partial charge in [0.15, 0.2) is 5.96 Å². The molecule has 0 aromatic heterocycles. The molecule has 0 heterocycles. The molecule has 1 rings (SSSR count). The standard InChI is InChI=1S/C14H21ClFN3O/c1-14(2,20-4)9-19-13(17-3)18-8-10-5-6-12(16)11(15)7-10/h5-7H,8-9H2,1-4H3,(H2,17,18,19). The molecule has 20 heavy (non-hydrogen) atoms. The SMILES string of the molecule is CN=C(NCc1ccc(F)c(Cl)c1)NCC(C)(C)OC. The Balaban J connectivity index is 2.51. The van der Waals surface area contributed by atoms with Crippen LogP contribution in [0.5, 0.6) is 0 Å². The van der Waals surface area contributed by atoms with Crippen LogP contribution in [-0.2, 0) is 11.3 Å². The third kappa shape index (κ3) is 5.35. The Morgan fingerprint density at radius 2 is 2.10 bits per heavy atom. The van der Waals surface area contributed by atoms with Crippen LogP contribution in [0, 0.1) is 5.82 Å². The number of nitrogens with zero attached hydrogens (tertiary/aromatic N) is 1. The van der Waals surface area contributed by atoms with Gasteiger partial charge in [-0.2, -0.15) is 0 Å². The van der Waals surface area contributed by atoms with Gasteiger partial charge < -0.3 is 15.4 Å². The fourth-order valence-corrected chi connectivity index (χ4v) is 1.63. The molecule has 1 aromatic rings. The van der Waals surface area contributed by atoms with Gasteiger partial charge in [0.05, 0.1) is 10.6 Å². The van der Waals surface area contributed by atoms with Crippen molar-refractivity contribution in [3.8, 4) is 0 Å². The summed E-state index contributed by atoms with van der Waals surface area (Å²) in [7, 11) is 3.35. The number of rotatable bonds is 5. The molecule has 2 N–H and O–H groups in total. The molecular weight excluding hydrogens is 281 g/mol. The van der Waals surface area contributed by atoms with Gasteiger partial charge in [-0.3, -0.25) is 4.99 Å². The lowest BCUT2D eigenvalue weighted by molar-refractivity contribution is 0.0268. The minimum absolute atomic E-state index is 0.118. The summed E-state index contributed by atoms with van der Waals surface area (Å²) in [6.07, 6.45) is 0. The van der Waals surface area contributed by atoms with Crippen LogP contribution in [0.3, 0.4) is 0 Å². The summed E-state index contributed by atoms with van der Waals surface area (Å²) in [6.45, 7) is 5.08. The fraction of sp³-hybridized carbons (Fsp3) is 0.500. The minimum atomic E-state index is -0.417. The van der Waals surface area contributed by atoms with Crippen LogP contribution < -0.4 is 10.6 Å². The summed E-state index contributed by atoms with van der Waals surface area (Å²) in [5, 5.41) is 6.41. The third-order valence-corrected chi connectivity index (χ3v) is 3.19. The van der Waals surface area contributed by atoms with Gasteiger partial charge in [-0.1, -0.05) is 17.7 Å². The van der Waals surface area contributed by atoms with E-state index in [-0.39, 0.29) is 10.6 Å². The molecule has 0 amide bonds. The summed E-state index contributed by atoms with van der Waals surface area (Å²) >= 11 is 5.74. The summed E-state index contributed by atoms with van der Waals surface area (Å²) in [6, 6.07) is 4.63. The molecule has 0 aliphatic rings. The average molecular weight is 302 g/mol. The van der Waals surface area contributed by atoms with Gasteiger partial charge in [-0.25, -0.2) is 4.39 Å². The van der Waals surface area contributed by atoms with Crippen LogP contribution in [0.1, 0.15) is 19.4 Å². The molecule has 6 heteroatoms. The Hall–Kier alpha value is -1.33. The Morgan fingerprint density at radius 1 is 1.40 bits per heavy atom. The molecular formula is C14H21ClFN3O. The molecule has 0 fully saturated rings. The maximum Gasteiger partial charge on any atom is 0.191 e. The summed E-state index contributed by atoms with van der Waals surface area (Å²) in [5.41, 5.74) is 0.599. The van der Waals surface area contributed by atoms with E-state index in [1.54, 1.807) is 26.3 Å². The zero-order valence-corrected chi connectivity index (χ0v) is 13.0. The van der Waals surface area contributed by atoms with Gasteiger partial charge in [-0.05, 0) is 31.5 Å². The normalized spacial score (nSPS) is 12.4. The number of benzene rings is 1.